The molecular weight excluding hydrogens is 324 g/mol. The number of rotatable bonds is 5. The van der Waals surface area contributed by atoms with Crippen LogP contribution in [0.1, 0.15) is 26.3 Å². The maximum Gasteiger partial charge on any atom is 0.291 e. The second kappa shape index (κ2) is 6.30. The van der Waals surface area contributed by atoms with E-state index in [4.69, 9.17) is 28.4 Å². The van der Waals surface area contributed by atoms with Gasteiger partial charge in [-0.05, 0) is 5.56 Å². The van der Waals surface area contributed by atoms with Crippen LogP contribution in [0.3, 0.4) is 0 Å². The molecule has 3 saturated heterocycles. The summed E-state index contributed by atoms with van der Waals surface area (Å²) in [5, 5.41) is 0. The fourth-order valence-electron chi connectivity index (χ4n) is 3.62. The summed E-state index contributed by atoms with van der Waals surface area (Å²) in [7, 11) is 1.65. The Morgan fingerprint density at radius 1 is 1.04 bits per heavy atom. The predicted octanol–water partition coefficient (Wildman–Crippen LogP) is 2.46. The van der Waals surface area contributed by atoms with Gasteiger partial charge in [0.1, 0.15) is 24.4 Å². The maximum absolute atomic E-state index is 6.31. The Morgan fingerprint density at radius 3 is 2.44 bits per heavy atom. The smallest absolute Gasteiger partial charge is 0.291 e. The first-order valence-corrected chi connectivity index (χ1v) is 8.77. The van der Waals surface area contributed by atoms with E-state index < -0.39 is 12.3 Å². The molecule has 1 aromatic rings. The zero-order valence-electron chi connectivity index (χ0n) is 15.1. The molecule has 138 valence electrons. The van der Waals surface area contributed by atoms with Gasteiger partial charge in [0.2, 0.25) is 0 Å². The highest BCUT2D eigenvalue weighted by atomic mass is 17.0. The summed E-state index contributed by atoms with van der Waals surface area (Å²) < 4.78 is 36.1. The zero-order chi connectivity index (χ0) is 17.7. The van der Waals surface area contributed by atoms with Crippen molar-refractivity contribution >= 4 is 0 Å². The van der Waals surface area contributed by atoms with Crippen LogP contribution in [0, 0.1) is 5.41 Å². The SMILES string of the molecule is COC[C@H]1OC2OC3(C(C)(C)C)O[C@H]1[C@H](OCc1ccccc1)[C@H]2O3. The molecule has 0 aromatic heterocycles. The molecule has 0 amide bonds. The highest BCUT2D eigenvalue weighted by Crippen LogP contribution is 2.53. The average molecular weight is 350 g/mol. The van der Waals surface area contributed by atoms with Crippen LogP contribution in [0.25, 0.3) is 0 Å². The third-order valence-electron chi connectivity index (χ3n) is 4.98. The van der Waals surface area contributed by atoms with Crippen molar-refractivity contribution in [3.8, 4) is 0 Å². The Labute approximate surface area is 148 Å². The first-order chi connectivity index (χ1) is 11.9. The van der Waals surface area contributed by atoms with Crippen molar-refractivity contribution in [3.63, 3.8) is 0 Å². The van der Waals surface area contributed by atoms with Crippen LogP contribution in [-0.2, 0) is 35.0 Å². The first kappa shape index (κ1) is 17.4. The summed E-state index contributed by atoms with van der Waals surface area (Å²) in [6.07, 6.45) is -1.65. The van der Waals surface area contributed by atoms with Gasteiger partial charge in [-0.2, -0.15) is 0 Å². The maximum atomic E-state index is 6.31. The van der Waals surface area contributed by atoms with Crippen LogP contribution >= 0.6 is 0 Å². The third-order valence-corrected chi connectivity index (χ3v) is 4.98. The summed E-state index contributed by atoms with van der Waals surface area (Å²) in [6, 6.07) is 10.1. The third kappa shape index (κ3) is 2.91. The van der Waals surface area contributed by atoms with Gasteiger partial charge >= 0.3 is 0 Å². The minimum atomic E-state index is -1.11. The van der Waals surface area contributed by atoms with Gasteiger partial charge < -0.3 is 23.7 Å². The molecule has 0 radical (unpaired) electrons. The van der Waals surface area contributed by atoms with E-state index in [0.29, 0.717) is 13.2 Å². The molecule has 3 aliphatic heterocycles. The lowest BCUT2D eigenvalue weighted by atomic mass is 9.91. The van der Waals surface area contributed by atoms with Gasteiger partial charge in [0.15, 0.2) is 6.29 Å². The molecular formula is C19H26O6. The molecule has 0 saturated carbocycles. The van der Waals surface area contributed by atoms with Crippen molar-refractivity contribution in [2.75, 3.05) is 13.7 Å². The summed E-state index contributed by atoms with van der Waals surface area (Å²) in [5.41, 5.74) is 0.752. The molecule has 6 nitrogen and oxygen atoms in total. The Bertz CT molecular complexity index is 600. The molecule has 6 heteroatoms. The second-order valence-electron chi connectivity index (χ2n) is 7.85. The largest absolute Gasteiger partial charge is 0.382 e. The van der Waals surface area contributed by atoms with Gasteiger partial charge in [-0.3, -0.25) is 4.74 Å². The Kier molecular flexibility index (Phi) is 4.38. The van der Waals surface area contributed by atoms with Gasteiger partial charge in [-0.25, -0.2) is 0 Å². The van der Waals surface area contributed by atoms with Crippen LogP contribution in [0.2, 0.25) is 0 Å². The van der Waals surface area contributed by atoms with Gasteiger partial charge in [-0.1, -0.05) is 51.1 Å². The fraction of sp³-hybridized carbons (Fsp3) is 0.684. The van der Waals surface area contributed by atoms with Crippen LogP contribution in [0.4, 0.5) is 0 Å². The summed E-state index contributed by atoms with van der Waals surface area (Å²) in [6.45, 7) is 7.00. The number of hydrogen-bond donors (Lipinski definition) is 0. The van der Waals surface area contributed by atoms with E-state index in [2.05, 4.69) is 0 Å². The lowest BCUT2D eigenvalue weighted by Gasteiger charge is -2.48. The molecule has 2 unspecified atom stereocenters. The first-order valence-electron chi connectivity index (χ1n) is 8.77. The van der Waals surface area contributed by atoms with E-state index in [1.807, 2.05) is 51.1 Å². The molecule has 1 aromatic carbocycles. The van der Waals surface area contributed by atoms with E-state index in [9.17, 15) is 0 Å². The van der Waals surface area contributed by atoms with E-state index >= 15 is 0 Å². The Balaban J connectivity index is 1.57. The topological polar surface area (TPSA) is 55.4 Å². The van der Waals surface area contributed by atoms with Gasteiger partial charge in [0.25, 0.3) is 5.97 Å². The molecule has 3 heterocycles. The van der Waals surface area contributed by atoms with Gasteiger partial charge in [0.05, 0.1) is 13.2 Å². The minimum absolute atomic E-state index is 0.250. The van der Waals surface area contributed by atoms with Crippen LogP contribution < -0.4 is 0 Å². The molecule has 0 spiro atoms. The average Bonchev–Trinajstić information content (AvgIpc) is 2.80. The molecule has 6 atom stereocenters. The molecule has 4 rings (SSSR count). The normalized spacial score (nSPS) is 39.8. The monoisotopic (exact) mass is 350 g/mol. The van der Waals surface area contributed by atoms with Crippen LogP contribution in [0.15, 0.2) is 30.3 Å². The van der Waals surface area contributed by atoms with E-state index in [1.165, 1.54) is 0 Å². The van der Waals surface area contributed by atoms with Crippen molar-refractivity contribution in [1.29, 1.82) is 0 Å². The summed E-state index contributed by atoms with van der Waals surface area (Å²) >= 11 is 0. The lowest BCUT2D eigenvalue weighted by molar-refractivity contribution is -0.430. The van der Waals surface area contributed by atoms with Crippen molar-refractivity contribution in [1.82, 2.24) is 0 Å². The highest BCUT2D eigenvalue weighted by molar-refractivity contribution is 5.14. The number of methoxy groups -OCH3 is 1. The Morgan fingerprint density at radius 2 is 1.76 bits per heavy atom. The summed E-state index contributed by atoms with van der Waals surface area (Å²) in [4.78, 5) is 0. The molecule has 0 N–H and O–H groups in total. The highest BCUT2D eigenvalue weighted by Gasteiger charge is 2.69. The van der Waals surface area contributed by atoms with Crippen molar-refractivity contribution < 1.29 is 28.4 Å². The van der Waals surface area contributed by atoms with Crippen LogP contribution in [0.5, 0.6) is 0 Å². The van der Waals surface area contributed by atoms with E-state index in [1.54, 1.807) is 7.11 Å². The number of fused-ring (bicyclic) bond motifs is 2. The van der Waals surface area contributed by atoms with Gasteiger partial charge in [0, 0.05) is 12.5 Å². The standard InChI is InChI=1S/C19H26O6/c1-18(2,3)19-23-14-13(11-20-4)22-17(25-19)16(24-19)15(14)21-10-12-8-6-5-7-9-12/h5-9,13-17H,10-11H2,1-4H3/t13-,14-,15+,16-,17?,19?/m1/s1. The molecule has 3 fully saturated rings. The fourth-order valence-corrected chi connectivity index (χ4v) is 3.62. The molecule has 3 aliphatic rings. The van der Waals surface area contributed by atoms with E-state index in [-0.39, 0.29) is 29.8 Å². The quantitative estimate of drug-likeness (QED) is 0.813. The van der Waals surface area contributed by atoms with Crippen molar-refractivity contribution in [2.45, 2.75) is 64.1 Å². The van der Waals surface area contributed by atoms with E-state index in [0.717, 1.165) is 5.56 Å². The zero-order valence-corrected chi connectivity index (χ0v) is 15.1. The predicted molar refractivity (Wildman–Crippen MR) is 88.6 cm³/mol. The number of ether oxygens (including phenoxy) is 6. The molecule has 3 bridgehead atoms. The molecule has 25 heavy (non-hydrogen) atoms. The number of benzene rings is 1. The summed E-state index contributed by atoms with van der Waals surface area (Å²) in [5.74, 6) is -1.11. The lowest BCUT2D eigenvalue weighted by Crippen LogP contribution is -2.64. The minimum Gasteiger partial charge on any atom is -0.382 e. The molecule has 0 aliphatic carbocycles. The van der Waals surface area contributed by atoms with Crippen molar-refractivity contribution in [2.24, 2.45) is 5.41 Å². The second-order valence-corrected chi connectivity index (χ2v) is 7.85. The van der Waals surface area contributed by atoms with Crippen LogP contribution in [-0.4, -0.2) is 50.4 Å². The van der Waals surface area contributed by atoms with Crippen molar-refractivity contribution in [3.05, 3.63) is 35.9 Å². The number of hydrogen-bond acceptors (Lipinski definition) is 6. The Hall–Kier alpha value is -1.02. The van der Waals surface area contributed by atoms with Gasteiger partial charge in [-0.15, -0.1) is 0 Å².